The Bertz CT molecular complexity index is 732. The van der Waals surface area contributed by atoms with E-state index in [9.17, 15) is 9.18 Å². The Hall–Kier alpha value is -2.27. The monoisotopic (exact) mass is 313 g/mol. The molecule has 2 heterocycles. The molecule has 23 heavy (non-hydrogen) atoms. The number of pyridine rings is 1. The SMILES string of the molecule is Cc1cncc(C2CCCN2Cc2ccc(C(N)=O)cc2F)c1. The van der Waals surface area contributed by atoms with Gasteiger partial charge in [-0.3, -0.25) is 14.7 Å². The minimum absolute atomic E-state index is 0.201. The molecular weight excluding hydrogens is 293 g/mol. The van der Waals surface area contributed by atoms with Crippen LogP contribution in [0.5, 0.6) is 0 Å². The predicted octanol–water partition coefficient (Wildman–Crippen LogP) is 2.97. The number of rotatable bonds is 4. The third-order valence-electron chi connectivity index (χ3n) is 4.36. The highest BCUT2D eigenvalue weighted by molar-refractivity contribution is 5.92. The van der Waals surface area contributed by atoms with Crippen molar-refractivity contribution in [3.8, 4) is 0 Å². The van der Waals surface area contributed by atoms with Gasteiger partial charge in [0.05, 0.1) is 0 Å². The second kappa shape index (κ2) is 6.46. The normalized spacial score (nSPS) is 18.3. The van der Waals surface area contributed by atoms with Crippen LogP contribution in [0.3, 0.4) is 0 Å². The first-order valence-electron chi connectivity index (χ1n) is 7.78. The van der Waals surface area contributed by atoms with Gasteiger partial charge < -0.3 is 5.73 Å². The third-order valence-corrected chi connectivity index (χ3v) is 4.36. The molecule has 0 bridgehead atoms. The number of likely N-dealkylation sites (tertiary alicyclic amines) is 1. The smallest absolute Gasteiger partial charge is 0.248 e. The molecule has 1 aliphatic rings. The van der Waals surface area contributed by atoms with Crippen molar-refractivity contribution in [1.82, 2.24) is 9.88 Å². The Morgan fingerprint density at radius 2 is 2.22 bits per heavy atom. The maximum absolute atomic E-state index is 14.2. The molecule has 1 aromatic heterocycles. The van der Waals surface area contributed by atoms with Gasteiger partial charge >= 0.3 is 0 Å². The fourth-order valence-corrected chi connectivity index (χ4v) is 3.20. The molecular formula is C18H20FN3O. The van der Waals surface area contributed by atoms with E-state index in [1.165, 1.54) is 11.6 Å². The van der Waals surface area contributed by atoms with Crippen LogP contribution in [0, 0.1) is 12.7 Å². The Balaban J connectivity index is 1.80. The summed E-state index contributed by atoms with van der Waals surface area (Å²) in [5.41, 5.74) is 8.28. The average Bonchev–Trinajstić information content (AvgIpc) is 2.97. The fourth-order valence-electron chi connectivity index (χ4n) is 3.20. The van der Waals surface area contributed by atoms with Crippen molar-refractivity contribution in [3.63, 3.8) is 0 Å². The number of hydrogen-bond donors (Lipinski definition) is 1. The summed E-state index contributed by atoms with van der Waals surface area (Å²) in [6, 6.07) is 6.86. The molecule has 0 aliphatic carbocycles. The van der Waals surface area contributed by atoms with Crippen molar-refractivity contribution >= 4 is 5.91 Å². The van der Waals surface area contributed by atoms with Crippen LogP contribution >= 0.6 is 0 Å². The van der Waals surface area contributed by atoms with E-state index in [4.69, 9.17) is 5.73 Å². The maximum atomic E-state index is 14.2. The first kappa shape index (κ1) is 15.6. The van der Waals surface area contributed by atoms with Crippen molar-refractivity contribution in [2.45, 2.75) is 32.4 Å². The third kappa shape index (κ3) is 3.40. The van der Waals surface area contributed by atoms with E-state index in [1.807, 2.05) is 19.3 Å². The first-order chi connectivity index (χ1) is 11.0. The van der Waals surface area contributed by atoms with Crippen molar-refractivity contribution in [1.29, 1.82) is 0 Å². The summed E-state index contributed by atoms with van der Waals surface area (Å²) in [6.07, 6.45) is 5.86. The number of aryl methyl sites for hydroxylation is 1. The number of carbonyl (C=O) groups excluding carboxylic acids is 1. The van der Waals surface area contributed by atoms with Gasteiger partial charge in [0.2, 0.25) is 5.91 Å². The lowest BCUT2D eigenvalue weighted by Crippen LogP contribution is -2.23. The van der Waals surface area contributed by atoms with Crippen LogP contribution in [0.1, 0.15) is 45.9 Å². The molecule has 120 valence electrons. The van der Waals surface area contributed by atoms with Gasteiger partial charge in [-0.15, -0.1) is 0 Å². The number of benzene rings is 1. The molecule has 0 radical (unpaired) electrons. The molecule has 2 N–H and O–H groups in total. The minimum atomic E-state index is -0.611. The summed E-state index contributed by atoms with van der Waals surface area (Å²) in [5, 5.41) is 0. The molecule has 0 saturated carbocycles. The summed E-state index contributed by atoms with van der Waals surface area (Å²) in [6.45, 7) is 3.47. The molecule has 1 atom stereocenters. The number of amides is 1. The largest absolute Gasteiger partial charge is 0.366 e. The zero-order valence-electron chi connectivity index (χ0n) is 13.1. The van der Waals surface area contributed by atoms with Gasteiger partial charge in [-0.25, -0.2) is 4.39 Å². The van der Waals surface area contributed by atoms with Gasteiger partial charge in [-0.05, 0) is 49.6 Å². The molecule has 1 unspecified atom stereocenters. The number of aromatic nitrogens is 1. The molecule has 1 fully saturated rings. The predicted molar refractivity (Wildman–Crippen MR) is 86.3 cm³/mol. The Morgan fingerprint density at radius 1 is 1.39 bits per heavy atom. The van der Waals surface area contributed by atoms with Crippen LogP contribution in [-0.4, -0.2) is 22.3 Å². The Morgan fingerprint density at radius 3 is 2.91 bits per heavy atom. The van der Waals surface area contributed by atoms with E-state index >= 15 is 0 Å². The summed E-state index contributed by atoms with van der Waals surface area (Å²) < 4.78 is 14.2. The van der Waals surface area contributed by atoms with Crippen LogP contribution in [0.2, 0.25) is 0 Å². The van der Waals surface area contributed by atoms with Crippen molar-refractivity contribution < 1.29 is 9.18 Å². The molecule has 4 nitrogen and oxygen atoms in total. The maximum Gasteiger partial charge on any atom is 0.248 e. The highest BCUT2D eigenvalue weighted by atomic mass is 19.1. The van der Waals surface area contributed by atoms with Crippen LogP contribution in [0.25, 0.3) is 0 Å². The number of nitrogens with zero attached hydrogens (tertiary/aromatic N) is 2. The first-order valence-corrected chi connectivity index (χ1v) is 7.78. The number of nitrogens with two attached hydrogens (primary N) is 1. The van der Waals surface area contributed by atoms with E-state index in [0.29, 0.717) is 12.1 Å². The lowest BCUT2D eigenvalue weighted by molar-refractivity contribution is 0.1000. The lowest BCUT2D eigenvalue weighted by Gasteiger charge is -2.25. The van der Waals surface area contributed by atoms with Crippen molar-refractivity contribution in [2.75, 3.05) is 6.54 Å². The minimum Gasteiger partial charge on any atom is -0.366 e. The van der Waals surface area contributed by atoms with Gasteiger partial charge in [-0.1, -0.05) is 12.1 Å². The number of primary amides is 1. The Kier molecular flexibility index (Phi) is 4.39. The van der Waals surface area contributed by atoms with Crippen LogP contribution in [0.4, 0.5) is 4.39 Å². The second-order valence-electron chi connectivity index (χ2n) is 6.09. The van der Waals surface area contributed by atoms with Gasteiger partial charge in [0.15, 0.2) is 0 Å². The van der Waals surface area contributed by atoms with E-state index in [2.05, 4.69) is 16.0 Å². The molecule has 1 amide bonds. The summed E-state index contributed by atoms with van der Waals surface area (Å²) >= 11 is 0. The molecule has 5 heteroatoms. The number of hydrogen-bond acceptors (Lipinski definition) is 3. The molecule has 1 aliphatic heterocycles. The molecule has 3 rings (SSSR count). The number of carbonyl (C=O) groups is 1. The highest BCUT2D eigenvalue weighted by Crippen LogP contribution is 2.33. The molecule has 0 spiro atoms. The quantitative estimate of drug-likeness (QED) is 0.944. The molecule has 1 aromatic carbocycles. The van der Waals surface area contributed by atoms with Gasteiger partial charge in [0.1, 0.15) is 5.82 Å². The zero-order chi connectivity index (χ0) is 16.4. The molecule has 1 saturated heterocycles. The number of halogens is 1. The van der Waals surface area contributed by atoms with E-state index in [-0.39, 0.29) is 17.4 Å². The zero-order valence-corrected chi connectivity index (χ0v) is 13.1. The summed E-state index contributed by atoms with van der Waals surface area (Å²) in [4.78, 5) is 17.6. The van der Waals surface area contributed by atoms with Crippen molar-refractivity contribution in [3.05, 3.63) is 64.7 Å². The topological polar surface area (TPSA) is 59.2 Å². The highest BCUT2D eigenvalue weighted by Gasteiger charge is 2.27. The summed E-state index contributed by atoms with van der Waals surface area (Å²) in [7, 11) is 0. The lowest BCUT2D eigenvalue weighted by atomic mass is 10.0. The van der Waals surface area contributed by atoms with Crippen LogP contribution in [0.15, 0.2) is 36.7 Å². The second-order valence-corrected chi connectivity index (χ2v) is 6.09. The van der Waals surface area contributed by atoms with E-state index in [0.717, 1.165) is 24.9 Å². The van der Waals surface area contributed by atoms with E-state index in [1.54, 1.807) is 12.1 Å². The Labute approximate surface area is 135 Å². The van der Waals surface area contributed by atoms with Gasteiger partial charge in [0.25, 0.3) is 0 Å². The van der Waals surface area contributed by atoms with Crippen LogP contribution in [-0.2, 0) is 6.54 Å². The fraction of sp³-hybridized carbons (Fsp3) is 0.333. The standard InChI is InChI=1S/C18H20FN3O/c1-12-7-15(10-21-9-12)17-3-2-6-22(17)11-14-5-4-13(18(20)23)8-16(14)19/h4-5,7-10,17H,2-3,6,11H2,1H3,(H2,20,23). The van der Waals surface area contributed by atoms with E-state index < -0.39 is 5.91 Å². The van der Waals surface area contributed by atoms with Gasteiger partial charge in [0, 0.05) is 36.1 Å². The van der Waals surface area contributed by atoms with Crippen molar-refractivity contribution in [2.24, 2.45) is 5.73 Å². The summed E-state index contributed by atoms with van der Waals surface area (Å²) in [5.74, 6) is -0.991. The van der Waals surface area contributed by atoms with Crippen LogP contribution < -0.4 is 5.73 Å². The molecule has 2 aromatic rings. The average molecular weight is 313 g/mol. The van der Waals surface area contributed by atoms with Gasteiger partial charge in [-0.2, -0.15) is 0 Å².